The summed E-state index contributed by atoms with van der Waals surface area (Å²) in [6.45, 7) is 5.97. The zero-order valence-electron chi connectivity index (χ0n) is 11.3. The molecule has 0 saturated carbocycles. The van der Waals surface area contributed by atoms with E-state index < -0.39 is 0 Å². The summed E-state index contributed by atoms with van der Waals surface area (Å²) in [6, 6.07) is 0.610. The molecule has 0 unspecified atom stereocenters. The smallest absolute Gasteiger partial charge is 0.0638 e. The van der Waals surface area contributed by atoms with E-state index >= 15 is 0 Å². The molecule has 0 bridgehead atoms. The van der Waals surface area contributed by atoms with Crippen LogP contribution in [0.15, 0.2) is 6.20 Å². The Morgan fingerprint density at radius 2 is 2.22 bits per heavy atom. The van der Waals surface area contributed by atoms with E-state index in [0.717, 1.165) is 31.9 Å². The summed E-state index contributed by atoms with van der Waals surface area (Å²) in [5.74, 6) is 2.71. The fraction of sp³-hybridized carbons (Fsp3) is 0.643. The molecule has 1 N–H and O–H groups in total. The highest BCUT2D eigenvalue weighted by Gasteiger charge is 2.18. The number of likely N-dealkylation sites (tertiary alicyclic amines) is 1. The van der Waals surface area contributed by atoms with E-state index in [1.165, 1.54) is 18.4 Å². The Bertz CT molecular complexity index is 421. The number of nitrogens with zero attached hydrogens (tertiary/aromatic N) is 3. The molecule has 0 aromatic carbocycles. The summed E-state index contributed by atoms with van der Waals surface area (Å²) < 4.78 is 1.88. The lowest BCUT2D eigenvalue weighted by Crippen LogP contribution is -2.42. The third-order valence-electron chi connectivity index (χ3n) is 3.60. The minimum absolute atomic E-state index is 0.610. The quantitative estimate of drug-likeness (QED) is 0.802. The van der Waals surface area contributed by atoms with Crippen LogP contribution in [0.1, 0.15) is 24.1 Å². The molecule has 1 fully saturated rings. The highest BCUT2D eigenvalue weighted by Crippen LogP contribution is 2.11. The number of terminal acetylenes is 1. The largest absolute Gasteiger partial charge is 0.310 e. The van der Waals surface area contributed by atoms with Crippen LogP contribution in [0.25, 0.3) is 0 Å². The second kappa shape index (κ2) is 6.03. The van der Waals surface area contributed by atoms with Crippen molar-refractivity contribution in [3.63, 3.8) is 0 Å². The van der Waals surface area contributed by atoms with Gasteiger partial charge in [-0.25, -0.2) is 0 Å². The molecular weight excluding hydrogens is 224 g/mol. The molecule has 4 nitrogen and oxygen atoms in total. The summed E-state index contributed by atoms with van der Waals surface area (Å²) in [4.78, 5) is 2.34. The second-order valence-electron chi connectivity index (χ2n) is 5.05. The van der Waals surface area contributed by atoms with Gasteiger partial charge in [-0.2, -0.15) is 5.10 Å². The Kier molecular flexibility index (Phi) is 4.40. The van der Waals surface area contributed by atoms with Gasteiger partial charge in [0.15, 0.2) is 0 Å². The third-order valence-corrected chi connectivity index (χ3v) is 3.60. The van der Waals surface area contributed by atoms with Crippen molar-refractivity contribution in [3.05, 3.63) is 17.5 Å². The normalized spacial score (nSPS) is 17.8. The van der Waals surface area contributed by atoms with Gasteiger partial charge in [0.05, 0.1) is 12.2 Å². The molecule has 0 radical (unpaired) electrons. The Morgan fingerprint density at radius 1 is 1.50 bits per heavy atom. The zero-order chi connectivity index (χ0) is 13.0. The molecule has 0 amide bonds. The van der Waals surface area contributed by atoms with Gasteiger partial charge in [0.1, 0.15) is 0 Å². The predicted octanol–water partition coefficient (Wildman–Crippen LogP) is 0.916. The van der Waals surface area contributed by atoms with E-state index in [1.807, 2.05) is 11.7 Å². The number of hydrogen-bond donors (Lipinski definition) is 1. The molecule has 1 aromatic heterocycles. The van der Waals surface area contributed by atoms with Crippen LogP contribution in [0.5, 0.6) is 0 Å². The molecule has 98 valence electrons. The van der Waals surface area contributed by atoms with Gasteiger partial charge in [0.25, 0.3) is 0 Å². The van der Waals surface area contributed by atoms with Crippen molar-refractivity contribution in [1.29, 1.82) is 0 Å². The average Bonchev–Trinajstić information content (AvgIpc) is 2.67. The van der Waals surface area contributed by atoms with Crippen LogP contribution >= 0.6 is 0 Å². The van der Waals surface area contributed by atoms with Gasteiger partial charge in [-0.15, -0.1) is 6.42 Å². The molecule has 2 rings (SSSR count). The van der Waals surface area contributed by atoms with Crippen molar-refractivity contribution < 1.29 is 0 Å². The van der Waals surface area contributed by atoms with Crippen LogP contribution in [0.2, 0.25) is 0 Å². The topological polar surface area (TPSA) is 33.1 Å². The number of piperidine rings is 1. The van der Waals surface area contributed by atoms with Gasteiger partial charge in [0.2, 0.25) is 0 Å². The molecule has 0 spiro atoms. The Labute approximate surface area is 109 Å². The standard InChI is InChI=1S/C14H22N4/c1-4-7-18-8-5-14(6-9-18)15-10-13-11-17(3)16-12(13)2/h1,11,14-15H,5-10H2,2-3H3. The molecule has 4 heteroatoms. The Hall–Kier alpha value is -1.31. The summed E-state index contributed by atoms with van der Waals surface area (Å²) in [6.07, 6.45) is 9.79. The highest BCUT2D eigenvalue weighted by molar-refractivity contribution is 5.14. The van der Waals surface area contributed by atoms with Gasteiger partial charge in [0, 0.05) is 44.5 Å². The van der Waals surface area contributed by atoms with E-state index in [0.29, 0.717) is 6.04 Å². The third kappa shape index (κ3) is 3.34. The first-order valence-corrected chi connectivity index (χ1v) is 6.57. The molecule has 1 saturated heterocycles. The molecule has 0 aliphatic carbocycles. The molecule has 1 aromatic rings. The molecular formula is C14H22N4. The van der Waals surface area contributed by atoms with Crippen molar-refractivity contribution in [2.45, 2.75) is 32.4 Å². The summed E-state index contributed by atoms with van der Waals surface area (Å²) in [7, 11) is 1.97. The number of rotatable bonds is 4. The first kappa shape index (κ1) is 13.1. The van der Waals surface area contributed by atoms with Gasteiger partial charge < -0.3 is 5.32 Å². The van der Waals surface area contributed by atoms with Crippen LogP contribution in [0, 0.1) is 19.3 Å². The van der Waals surface area contributed by atoms with Gasteiger partial charge in [-0.05, 0) is 19.8 Å². The van der Waals surface area contributed by atoms with E-state index in [2.05, 4.69) is 34.4 Å². The number of nitrogens with one attached hydrogen (secondary N) is 1. The van der Waals surface area contributed by atoms with Gasteiger partial charge in [-0.1, -0.05) is 5.92 Å². The van der Waals surface area contributed by atoms with Crippen molar-refractivity contribution in [2.75, 3.05) is 19.6 Å². The van der Waals surface area contributed by atoms with Crippen LogP contribution in [-0.4, -0.2) is 40.4 Å². The Balaban J connectivity index is 1.76. The van der Waals surface area contributed by atoms with Crippen LogP contribution in [0.4, 0.5) is 0 Å². The number of hydrogen-bond acceptors (Lipinski definition) is 3. The monoisotopic (exact) mass is 246 g/mol. The first-order valence-electron chi connectivity index (χ1n) is 6.57. The van der Waals surface area contributed by atoms with Crippen molar-refractivity contribution in [1.82, 2.24) is 20.0 Å². The fourth-order valence-electron chi connectivity index (χ4n) is 2.50. The highest BCUT2D eigenvalue weighted by atomic mass is 15.3. The molecule has 1 aliphatic heterocycles. The lowest BCUT2D eigenvalue weighted by atomic mass is 10.0. The minimum atomic E-state index is 0.610. The zero-order valence-corrected chi connectivity index (χ0v) is 11.3. The Morgan fingerprint density at radius 3 is 2.78 bits per heavy atom. The van der Waals surface area contributed by atoms with Crippen molar-refractivity contribution >= 4 is 0 Å². The maximum atomic E-state index is 5.33. The number of aryl methyl sites for hydroxylation is 2. The molecule has 18 heavy (non-hydrogen) atoms. The van der Waals surface area contributed by atoms with Crippen LogP contribution in [-0.2, 0) is 13.6 Å². The van der Waals surface area contributed by atoms with E-state index in [9.17, 15) is 0 Å². The first-order chi connectivity index (χ1) is 8.69. The van der Waals surface area contributed by atoms with Crippen LogP contribution < -0.4 is 5.32 Å². The molecule has 1 aliphatic rings. The second-order valence-corrected chi connectivity index (χ2v) is 5.05. The van der Waals surface area contributed by atoms with Gasteiger partial charge in [-0.3, -0.25) is 9.58 Å². The molecule has 2 heterocycles. The summed E-state index contributed by atoms with van der Waals surface area (Å²) in [5.41, 5.74) is 2.42. The molecule has 0 atom stereocenters. The maximum absolute atomic E-state index is 5.33. The fourth-order valence-corrected chi connectivity index (χ4v) is 2.50. The average molecular weight is 246 g/mol. The summed E-state index contributed by atoms with van der Waals surface area (Å²) in [5, 5.41) is 7.98. The van der Waals surface area contributed by atoms with Crippen molar-refractivity contribution in [3.8, 4) is 12.3 Å². The van der Waals surface area contributed by atoms with E-state index in [-0.39, 0.29) is 0 Å². The lowest BCUT2D eigenvalue weighted by molar-refractivity contribution is 0.217. The minimum Gasteiger partial charge on any atom is -0.310 e. The number of aromatic nitrogens is 2. The predicted molar refractivity (Wildman–Crippen MR) is 73.1 cm³/mol. The van der Waals surface area contributed by atoms with Crippen molar-refractivity contribution in [2.24, 2.45) is 7.05 Å². The van der Waals surface area contributed by atoms with E-state index in [4.69, 9.17) is 6.42 Å². The van der Waals surface area contributed by atoms with E-state index in [1.54, 1.807) is 0 Å². The SMILES string of the molecule is C#CCN1CCC(NCc2cn(C)nc2C)CC1. The lowest BCUT2D eigenvalue weighted by Gasteiger charge is -2.31. The summed E-state index contributed by atoms with van der Waals surface area (Å²) >= 11 is 0. The van der Waals surface area contributed by atoms with Gasteiger partial charge >= 0.3 is 0 Å². The maximum Gasteiger partial charge on any atom is 0.0638 e. The van der Waals surface area contributed by atoms with Crippen LogP contribution in [0.3, 0.4) is 0 Å².